The molecule has 7 nitrogen and oxygen atoms in total. The van der Waals surface area contributed by atoms with Crippen LogP contribution in [-0.2, 0) is 17.8 Å². The average molecular weight is 496 g/mol. The van der Waals surface area contributed by atoms with Crippen LogP contribution in [0.2, 0.25) is 0 Å². The summed E-state index contributed by atoms with van der Waals surface area (Å²) in [6, 6.07) is 11.1. The number of phenolic OH excluding ortho intramolecular Hbond substituents is 1. The number of nitrogens with one attached hydrogen (secondary N) is 1. The number of aromatic hydroxyl groups is 1. The highest BCUT2D eigenvalue weighted by molar-refractivity contribution is 6.07. The lowest BCUT2D eigenvalue weighted by Gasteiger charge is -2.41. The van der Waals surface area contributed by atoms with Crippen molar-refractivity contribution < 1.29 is 23.8 Å². The van der Waals surface area contributed by atoms with Gasteiger partial charge in [0.25, 0.3) is 5.91 Å². The molecule has 3 fully saturated rings. The minimum Gasteiger partial charge on any atom is -0.508 e. The van der Waals surface area contributed by atoms with Gasteiger partial charge in [0.1, 0.15) is 22.9 Å². The Kier molecular flexibility index (Phi) is 6.88. The van der Waals surface area contributed by atoms with Gasteiger partial charge in [-0.3, -0.25) is 14.6 Å². The Morgan fingerprint density at radius 1 is 1.06 bits per heavy atom. The second-order valence-electron chi connectivity index (χ2n) is 10.4. The molecule has 1 aliphatic carbocycles. The van der Waals surface area contributed by atoms with E-state index in [-0.39, 0.29) is 35.5 Å². The van der Waals surface area contributed by atoms with E-state index in [1.165, 1.54) is 17.0 Å². The topological polar surface area (TPSA) is 82.1 Å². The number of urea groups is 1. The summed E-state index contributed by atoms with van der Waals surface area (Å²) in [6.07, 6.45) is 5.59. The van der Waals surface area contributed by atoms with E-state index in [4.69, 9.17) is 4.74 Å². The van der Waals surface area contributed by atoms with Gasteiger partial charge >= 0.3 is 6.03 Å². The van der Waals surface area contributed by atoms with Crippen LogP contribution in [0.5, 0.6) is 11.5 Å². The first-order valence-corrected chi connectivity index (χ1v) is 12.9. The number of amides is 3. The first-order valence-electron chi connectivity index (χ1n) is 12.9. The zero-order valence-corrected chi connectivity index (χ0v) is 20.7. The van der Waals surface area contributed by atoms with Crippen molar-refractivity contribution in [1.82, 2.24) is 15.1 Å². The number of piperidine rings is 1. The van der Waals surface area contributed by atoms with E-state index in [1.807, 2.05) is 6.07 Å². The average Bonchev–Trinajstić information content (AvgIpc) is 3.49. The van der Waals surface area contributed by atoms with Crippen molar-refractivity contribution in [3.8, 4) is 11.5 Å². The predicted octanol–water partition coefficient (Wildman–Crippen LogP) is 4.23. The van der Waals surface area contributed by atoms with E-state index in [0.717, 1.165) is 62.7 Å². The summed E-state index contributed by atoms with van der Waals surface area (Å²) in [5.74, 6) is 0.433. The van der Waals surface area contributed by atoms with Crippen LogP contribution >= 0.6 is 0 Å². The first-order chi connectivity index (χ1) is 17.4. The molecule has 192 valence electrons. The monoisotopic (exact) mass is 495 g/mol. The van der Waals surface area contributed by atoms with E-state index >= 15 is 0 Å². The third kappa shape index (κ3) is 4.66. The van der Waals surface area contributed by atoms with Gasteiger partial charge in [0.05, 0.1) is 7.11 Å². The Bertz CT molecular complexity index is 1110. The van der Waals surface area contributed by atoms with Crippen LogP contribution < -0.4 is 10.1 Å². The molecule has 2 N–H and O–H groups in total. The maximum absolute atomic E-state index is 14.0. The maximum Gasteiger partial charge on any atom is 0.325 e. The van der Waals surface area contributed by atoms with Crippen molar-refractivity contribution in [3.05, 3.63) is 59.4 Å². The van der Waals surface area contributed by atoms with E-state index < -0.39 is 5.54 Å². The summed E-state index contributed by atoms with van der Waals surface area (Å²) in [5.41, 5.74) is 0.607. The fraction of sp³-hybridized carbons (Fsp3) is 0.500. The number of methoxy groups -OCH3 is 1. The number of likely N-dealkylation sites (tertiary alicyclic amines) is 1. The highest BCUT2D eigenvalue weighted by Crippen LogP contribution is 2.39. The maximum atomic E-state index is 14.0. The lowest BCUT2D eigenvalue weighted by atomic mass is 9.73. The predicted molar refractivity (Wildman–Crippen MR) is 133 cm³/mol. The van der Waals surface area contributed by atoms with Gasteiger partial charge in [-0.25, -0.2) is 9.18 Å². The molecule has 3 aliphatic rings. The minimum atomic E-state index is -1.03. The van der Waals surface area contributed by atoms with Crippen LogP contribution in [0.3, 0.4) is 0 Å². The van der Waals surface area contributed by atoms with Crippen molar-refractivity contribution in [2.45, 2.75) is 63.1 Å². The smallest absolute Gasteiger partial charge is 0.325 e. The molecule has 8 heteroatoms. The van der Waals surface area contributed by atoms with Crippen LogP contribution in [0, 0.1) is 11.7 Å². The van der Waals surface area contributed by atoms with Gasteiger partial charge in [0.2, 0.25) is 0 Å². The number of phenols is 1. The van der Waals surface area contributed by atoms with Gasteiger partial charge in [-0.1, -0.05) is 25.0 Å². The fourth-order valence-electron chi connectivity index (χ4n) is 6.21. The van der Waals surface area contributed by atoms with Crippen molar-refractivity contribution >= 4 is 11.9 Å². The largest absolute Gasteiger partial charge is 0.508 e. The van der Waals surface area contributed by atoms with Gasteiger partial charge in [-0.15, -0.1) is 0 Å². The zero-order valence-electron chi connectivity index (χ0n) is 20.7. The van der Waals surface area contributed by atoms with Crippen LogP contribution in [-0.4, -0.2) is 58.6 Å². The Balaban J connectivity index is 1.36. The summed E-state index contributed by atoms with van der Waals surface area (Å²) >= 11 is 0. The molecule has 5 rings (SSSR count). The Morgan fingerprint density at radius 3 is 2.42 bits per heavy atom. The van der Waals surface area contributed by atoms with E-state index in [2.05, 4.69) is 10.2 Å². The molecule has 2 aromatic rings. The zero-order chi connectivity index (χ0) is 25.3. The molecule has 1 atom stereocenters. The van der Waals surface area contributed by atoms with Gasteiger partial charge in [0, 0.05) is 24.6 Å². The van der Waals surface area contributed by atoms with E-state index in [9.17, 15) is 19.1 Å². The molecule has 2 aromatic carbocycles. The summed E-state index contributed by atoms with van der Waals surface area (Å²) in [5, 5.41) is 13.4. The number of hydrogen-bond acceptors (Lipinski definition) is 5. The number of hydrogen-bond donors (Lipinski definition) is 2. The molecule has 2 aliphatic heterocycles. The summed E-state index contributed by atoms with van der Waals surface area (Å²) in [4.78, 5) is 30.9. The number of rotatable bonds is 7. The number of nitrogens with zero attached hydrogens (tertiary/aromatic N) is 2. The number of imide groups is 1. The number of carbonyl (C=O) groups is 2. The molecule has 0 unspecified atom stereocenters. The third-order valence-electron chi connectivity index (χ3n) is 8.20. The molecule has 36 heavy (non-hydrogen) atoms. The molecular formula is C28H34FN3O4. The minimum absolute atomic E-state index is 0.0382. The second-order valence-corrected chi connectivity index (χ2v) is 10.4. The van der Waals surface area contributed by atoms with Gasteiger partial charge in [-0.05, 0) is 80.6 Å². The van der Waals surface area contributed by atoms with Gasteiger partial charge in [0.15, 0.2) is 0 Å². The van der Waals surface area contributed by atoms with Crippen LogP contribution in [0.1, 0.15) is 49.7 Å². The Hall–Kier alpha value is -3.13. The van der Waals surface area contributed by atoms with E-state index in [0.29, 0.717) is 18.7 Å². The second kappa shape index (κ2) is 10.1. The first kappa shape index (κ1) is 24.6. The molecule has 0 radical (unpaired) electrons. The summed E-state index contributed by atoms with van der Waals surface area (Å²) < 4.78 is 18.9. The molecule has 1 saturated carbocycles. The highest BCUT2D eigenvalue weighted by Gasteiger charge is 2.57. The molecule has 3 amide bonds. The van der Waals surface area contributed by atoms with Crippen molar-refractivity contribution in [1.29, 1.82) is 0 Å². The summed E-state index contributed by atoms with van der Waals surface area (Å²) in [7, 11) is 1.60. The molecule has 0 bridgehead atoms. The molecule has 0 aromatic heterocycles. The third-order valence-corrected chi connectivity index (χ3v) is 8.20. The van der Waals surface area contributed by atoms with E-state index in [1.54, 1.807) is 31.4 Å². The van der Waals surface area contributed by atoms with Gasteiger partial charge < -0.3 is 15.2 Å². The van der Waals surface area contributed by atoms with Gasteiger partial charge in [-0.2, -0.15) is 0 Å². The van der Waals surface area contributed by atoms with Crippen molar-refractivity contribution in [2.75, 3.05) is 20.2 Å². The molecule has 2 heterocycles. The number of benzene rings is 2. The molecule has 2 saturated heterocycles. The molecular weight excluding hydrogens is 461 g/mol. The Morgan fingerprint density at radius 2 is 1.75 bits per heavy atom. The van der Waals surface area contributed by atoms with Crippen LogP contribution in [0.15, 0.2) is 42.5 Å². The number of carbonyl (C=O) groups excluding carboxylic acids is 2. The number of ether oxygens (including phenoxy) is 1. The SMILES string of the molecule is COc1ccc(O)c(CN2CCC([C@]3(Cc4ccc(F)cc4)NC(=O)N(C4CCCC4)C3=O)CC2)c1. The quantitative estimate of drug-likeness (QED) is 0.562. The van der Waals surface area contributed by atoms with Crippen LogP contribution in [0.4, 0.5) is 9.18 Å². The highest BCUT2D eigenvalue weighted by atomic mass is 19.1. The van der Waals surface area contributed by atoms with Crippen molar-refractivity contribution in [2.24, 2.45) is 5.92 Å². The number of halogens is 1. The molecule has 0 spiro atoms. The fourth-order valence-corrected chi connectivity index (χ4v) is 6.21. The lowest BCUT2D eigenvalue weighted by Crippen LogP contribution is -2.57. The van der Waals surface area contributed by atoms with Crippen LogP contribution in [0.25, 0.3) is 0 Å². The summed E-state index contributed by atoms with van der Waals surface area (Å²) in [6.45, 7) is 2.05. The normalized spacial score (nSPS) is 23.9. The Labute approximate surface area is 211 Å². The standard InChI is InChI=1S/C28H34FN3O4/c1-36-24-10-11-25(33)20(16-24)18-31-14-12-21(13-15-31)28(17-19-6-8-22(29)9-7-19)26(34)32(27(35)30-28)23-4-2-3-5-23/h6-11,16,21,23,33H,2-5,12-15,17-18H2,1H3,(H,30,35)/t28-/m0/s1. The van der Waals surface area contributed by atoms with Crippen molar-refractivity contribution in [3.63, 3.8) is 0 Å². The lowest BCUT2D eigenvalue weighted by molar-refractivity contribution is -0.135.